The Labute approximate surface area is 212 Å². The predicted octanol–water partition coefficient (Wildman–Crippen LogP) is 1.51. The summed E-state index contributed by atoms with van der Waals surface area (Å²) in [7, 11) is 3.37. The first-order chi connectivity index (χ1) is 16.9. The molecule has 2 N–H and O–H groups in total. The summed E-state index contributed by atoms with van der Waals surface area (Å²) in [5.41, 5.74) is 0.799. The molecule has 11 nitrogen and oxygen atoms in total. The van der Waals surface area contributed by atoms with E-state index in [0.717, 1.165) is 5.56 Å². The number of benzene rings is 1. The van der Waals surface area contributed by atoms with Crippen LogP contribution in [0.3, 0.4) is 0 Å². The molecule has 1 aromatic carbocycles. The van der Waals surface area contributed by atoms with Crippen molar-refractivity contribution in [2.24, 2.45) is 11.8 Å². The first-order valence-electron chi connectivity index (χ1n) is 11.8. The van der Waals surface area contributed by atoms with E-state index in [1.807, 2.05) is 11.8 Å². The van der Waals surface area contributed by atoms with Gasteiger partial charge in [0.15, 0.2) is 0 Å². The fourth-order valence-corrected chi connectivity index (χ4v) is 7.05. The molecular weight excluding hydrogens is 488 g/mol. The second-order valence-electron chi connectivity index (χ2n) is 9.85. The molecule has 0 radical (unpaired) electrons. The number of β-lactam (4-membered cyclic amide) rings is 1. The number of carbonyl (C=O) groups is 3. The number of amides is 2. The third kappa shape index (κ3) is 4.48. The summed E-state index contributed by atoms with van der Waals surface area (Å²) in [6.45, 7) is 4.34. The minimum Gasteiger partial charge on any atom is -0.477 e. The summed E-state index contributed by atoms with van der Waals surface area (Å²) < 4.78 is 0. The third-order valence-corrected chi connectivity index (χ3v) is 8.72. The number of carboxylic acid groups (broad SMARTS) is 1. The van der Waals surface area contributed by atoms with Gasteiger partial charge in [-0.1, -0.05) is 19.1 Å². The number of nitrogens with zero attached hydrogens (tertiary/aromatic N) is 4. The smallest absolute Gasteiger partial charge is 0.353 e. The van der Waals surface area contributed by atoms with E-state index in [1.165, 1.54) is 33.7 Å². The van der Waals surface area contributed by atoms with Gasteiger partial charge < -0.3 is 20.0 Å². The first-order valence-corrected chi connectivity index (χ1v) is 12.6. The monoisotopic (exact) mass is 518 g/mol. The molecule has 12 heteroatoms. The Balaban J connectivity index is 1.56. The number of carbonyl (C=O) groups excluding carboxylic acids is 2. The number of non-ortho nitro benzene ring substituents is 1. The van der Waals surface area contributed by atoms with Gasteiger partial charge >= 0.3 is 5.97 Å². The fraction of sp³-hybridized carbons (Fsp3) is 0.542. The van der Waals surface area contributed by atoms with Gasteiger partial charge in [0.2, 0.25) is 11.8 Å². The molecule has 0 spiro atoms. The lowest BCUT2D eigenvalue weighted by molar-refractivity contribution is -0.384. The molecule has 1 aromatic rings. The fourth-order valence-electron chi connectivity index (χ4n) is 5.49. The van der Waals surface area contributed by atoms with Gasteiger partial charge in [0.1, 0.15) is 5.70 Å². The van der Waals surface area contributed by atoms with E-state index in [4.69, 9.17) is 0 Å². The summed E-state index contributed by atoms with van der Waals surface area (Å²) in [5.74, 6) is -2.49. The van der Waals surface area contributed by atoms with Gasteiger partial charge in [0, 0.05) is 55.4 Å². The Hall–Kier alpha value is -2.96. The molecule has 194 valence electrons. The molecule has 0 bridgehead atoms. The molecule has 4 rings (SSSR count). The maximum atomic E-state index is 13.0. The largest absolute Gasteiger partial charge is 0.477 e. The van der Waals surface area contributed by atoms with Gasteiger partial charge in [-0.25, -0.2) is 4.79 Å². The summed E-state index contributed by atoms with van der Waals surface area (Å²) in [6.07, 6.45) is -0.373. The number of likely N-dealkylation sites (N-methyl/N-ethyl adjacent to an activating group) is 1. The van der Waals surface area contributed by atoms with Crippen LogP contribution in [0.2, 0.25) is 0 Å². The molecule has 2 fully saturated rings. The molecular formula is C24H30N4O7S. The SMILES string of the molecule is C[C@@H](O)[C@H]1C(=O)N2C(C(=O)O)=C(S[C@H]3C[C@@H](C(=O)N(C)C)N(Cc4ccc([N+](=O)[O-])cc4)C3)[C@H](C)[C@H]12. The molecule has 3 aliphatic heterocycles. The van der Waals surface area contributed by atoms with Gasteiger partial charge in [-0.15, -0.1) is 11.8 Å². The van der Waals surface area contributed by atoms with Gasteiger partial charge in [0.05, 0.1) is 29.0 Å². The van der Waals surface area contributed by atoms with Crippen LogP contribution in [0, 0.1) is 22.0 Å². The number of aliphatic hydroxyl groups is 1. The Morgan fingerprint density at radius 3 is 2.44 bits per heavy atom. The zero-order chi connectivity index (χ0) is 26.5. The van der Waals surface area contributed by atoms with Crippen LogP contribution in [0.1, 0.15) is 25.8 Å². The van der Waals surface area contributed by atoms with Crippen LogP contribution >= 0.6 is 11.8 Å². The highest BCUT2D eigenvalue weighted by Crippen LogP contribution is 2.52. The predicted molar refractivity (Wildman–Crippen MR) is 132 cm³/mol. The van der Waals surface area contributed by atoms with E-state index in [0.29, 0.717) is 24.4 Å². The van der Waals surface area contributed by atoms with Gasteiger partial charge in [-0.05, 0) is 18.9 Å². The lowest BCUT2D eigenvalue weighted by Crippen LogP contribution is -2.63. The number of aliphatic carboxylic acids is 1. The number of rotatable bonds is 8. The maximum Gasteiger partial charge on any atom is 0.353 e. The van der Waals surface area contributed by atoms with Crippen LogP contribution in [0.5, 0.6) is 0 Å². The Morgan fingerprint density at radius 1 is 1.28 bits per heavy atom. The average Bonchev–Trinajstić information content (AvgIpc) is 3.30. The normalized spacial score (nSPS) is 28.6. The van der Waals surface area contributed by atoms with E-state index in [1.54, 1.807) is 33.2 Å². The van der Waals surface area contributed by atoms with Crippen LogP contribution in [0.4, 0.5) is 5.69 Å². The van der Waals surface area contributed by atoms with E-state index < -0.39 is 29.0 Å². The van der Waals surface area contributed by atoms with Crippen molar-refractivity contribution in [1.29, 1.82) is 0 Å². The lowest BCUT2D eigenvalue weighted by Gasteiger charge is -2.46. The molecule has 3 heterocycles. The van der Waals surface area contributed by atoms with Gasteiger partial charge in [0.25, 0.3) is 5.69 Å². The first kappa shape index (κ1) is 26.1. The Morgan fingerprint density at radius 2 is 1.92 bits per heavy atom. The summed E-state index contributed by atoms with van der Waals surface area (Å²) in [4.78, 5) is 53.7. The van der Waals surface area contributed by atoms with Gasteiger partial charge in [-0.3, -0.25) is 24.6 Å². The number of aliphatic hydroxyl groups excluding tert-OH is 1. The Kier molecular flexibility index (Phi) is 7.13. The van der Waals surface area contributed by atoms with Crippen molar-refractivity contribution in [3.8, 4) is 0 Å². The number of hydrogen-bond acceptors (Lipinski definition) is 8. The number of fused-ring (bicyclic) bond motifs is 1. The molecule has 0 aliphatic carbocycles. The molecule has 2 saturated heterocycles. The molecule has 0 unspecified atom stereocenters. The molecule has 2 amide bonds. The molecule has 36 heavy (non-hydrogen) atoms. The quantitative estimate of drug-likeness (QED) is 0.297. The lowest BCUT2D eigenvalue weighted by atomic mass is 9.79. The van der Waals surface area contributed by atoms with Crippen LogP contribution < -0.4 is 0 Å². The van der Waals surface area contributed by atoms with Crippen molar-refractivity contribution in [2.45, 2.75) is 50.3 Å². The minimum absolute atomic E-state index is 0.00689. The van der Waals surface area contributed by atoms with Crippen molar-refractivity contribution in [2.75, 3.05) is 20.6 Å². The zero-order valence-corrected chi connectivity index (χ0v) is 21.3. The summed E-state index contributed by atoms with van der Waals surface area (Å²) >= 11 is 1.40. The Bertz CT molecular complexity index is 1120. The highest BCUT2D eigenvalue weighted by Gasteiger charge is 2.60. The molecule has 0 aromatic heterocycles. The van der Waals surface area contributed by atoms with Crippen molar-refractivity contribution in [1.82, 2.24) is 14.7 Å². The number of carboxylic acids is 1. The van der Waals surface area contributed by atoms with E-state index in [9.17, 15) is 34.7 Å². The van der Waals surface area contributed by atoms with E-state index >= 15 is 0 Å². The number of likely N-dealkylation sites (tertiary alicyclic amines) is 1. The summed E-state index contributed by atoms with van der Waals surface area (Å²) in [5, 5.41) is 30.9. The highest BCUT2D eigenvalue weighted by molar-refractivity contribution is 8.03. The number of thioether (sulfide) groups is 1. The summed E-state index contributed by atoms with van der Waals surface area (Å²) in [6, 6.07) is 5.40. The van der Waals surface area contributed by atoms with Crippen LogP contribution in [-0.2, 0) is 20.9 Å². The second kappa shape index (κ2) is 9.83. The van der Waals surface area contributed by atoms with Crippen molar-refractivity contribution in [3.05, 3.63) is 50.5 Å². The second-order valence-corrected chi connectivity index (χ2v) is 11.2. The van der Waals surface area contributed by atoms with Crippen LogP contribution in [0.25, 0.3) is 0 Å². The minimum atomic E-state index is -1.18. The molecule has 6 atom stereocenters. The van der Waals surface area contributed by atoms with Crippen molar-refractivity contribution >= 4 is 35.2 Å². The van der Waals surface area contributed by atoms with Crippen molar-refractivity contribution < 1.29 is 29.5 Å². The highest BCUT2D eigenvalue weighted by atomic mass is 32.2. The van der Waals surface area contributed by atoms with Crippen molar-refractivity contribution in [3.63, 3.8) is 0 Å². The standard InChI is InChI=1S/C24H30N4O7S/c1-12-19-18(13(2)29)23(31)27(19)20(24(32)33)21(12)36-16-9-17(22(30)25(3)4)26(11-16)10-14-5-7-15(8-6-14)28(34)35/h5-8,12-13,16-19,29H,9-11H2,1-4H3,(H,32,33)/t12-,13-,16+,17+,18-,19-/m1/s1. The third-order valence-electron chi connectivity index (χ3n) is 7.23. The maximum absolute atomic E-state index is 13.0. The van der Waals surface area contributed by atoms with Gasteiger partial charge in [-0.2, -0.15) is 0 Å². The van der Waals surface area contributed by atoms with E-state index in [-0.39, 0.29) is 40.4 Å². The topological polar surface area (TPSA) is 145 Å². The van der Waals surface area contributed by atoms with Crippen LogP contribution in [0.15, 0.2) is 34.9 Å². The molecule has 3 aliphatic rings. The number of hydrogen-bond donors (Lipinski definition) is 2. The average molecular weight is 519 g/mol. The number of nitro benzene ring substituents is 1. The van der Waals surface area contributed by atoms with Crippen LogP contribution in [-0.4, -0.2) is 91.7 Å². The number of nitro groups is 1. The van der Waals surface area contributed by atoms with E-state index in [2.05, 4.69) is 0 Å². The zero-order valence-electron chi connectivity index (χ0n) is 20.5. The molecule has 0 saturated carbocycles.